The molecule has 2 heterocycles. The van der Waals surface area contributed by atoms with Crippen molar-refractivity contribution in [3.8, 4) is 0 Å². The molecular formula is C11H12N2O. The van der Waals surface area contributed by atoms with Crippen molar-refractivity contribution in [3.63, 3.8) is 0 Å². The summed E-state index contributed by atoms with van der Waals surface area (Å²) >= 11 is 0. The molecular weight excluding hydrogens is 176 g/mol. The molecule has 2 rings (SSSR count). The fourth-order valence-corrected chi connectivity index (χ4v) is 1.51. The van der Waals surface area contributed by atoms with Gasteiger partial charge >= 0.3 is 0 Å². The first-order chi connectivity index (χ1) is 6.75. The number of allylic oxidation sites excluding steroid dienone is 2. The third-order valence-corrected chi connectivity index (χ3v) is 2.20. The molecule has 0 spiro atoms. The molecule has 1 aliphatic rings. The molecule has 0 bridgehead atoms. The minimum absolute atomic E-state index is 0.0550. The van der Waals surface area contributed by atoms with Crippen molar-refractivity contribution in [2.45, 2.75) is 0 Å². The maximum atomic E-state index is 11.1. The number of pyridine rings is 1. The van der Waals surface area contributed by atoms with Crippen LogP contribution in [-0.4, -0.2) is 23.5 Å². The van der Waals surface area contributed by atoms with Crippen LogP contribution in [0.15, 0.2) is 41.5 Å². The van der Waals surface area contributed by atoms with Crippen LogP contribution in [0.2, 0.25) is 0 Å². The molecule has 1 N–H and O–H groups in total. The lowest BCUT2D eigenvalue weighted by Crippen LogP contribution is -2.17. The topological polar surface area (TPSA) is 36.1 Å². The van der Waals surface area contributed by atoms with Crippen LogP contribution >= 0.6 is 0 Å². The van der Waals surface area contributed by atoms with Gasteiger partial charge in [0.25, 0.3) is 0 Å². The second-order valence-corrected chi connectivity index (χ2v) is 3.39. The molecule has 3 heteroatoms. The minimum atomic E-state index is -0.0550. The molecule has 0 unspecified atom stereocenters. The van der Waals surface area contributed by atoms with Gasteiger partial charge in [0.05, 0.1) is 0 Å². The first-order valence-corrected chi connectivity index (χ1v) is 4.52. The lowest BCUT2D eigenvalue weighted by Gasteiger charge is -2.19. The number of nitrogens with zero attached hydrogens (tertiary/aromatic N) is 1. The van der Waals surface area contributed by atoms with E-state index in [1.54, 1.807) is 12.3 Å². The highest BCUT2D eigenvalue weighted by Crippen LogP contribution is 2.16. The summed E-state index contributed by atoms with van der Waals surface area (Å²) in [7, 11) is 2.01. The van der Waals surface area contributed by atoms with E-state index in [0.717, 1.165) is 12.1 Å². The molecule has 0 aliphatic carbocycles. The molecule has 0 amide bonds. The van der Waals surface area contributed by atoms with Gasteiger partial charge in [-0.2, -0.15) is 0 Å². The third kappa shape index (κ3) is 1.76. The second kappa shape index (κ2) is 3.54. The van der Waals surface area contributed by atoms with Crippen LogP contribution in [0.4, 0.5) is 0 Å². The van der Waals surface area contributed by atoms with Crippen LogP contribution in [0.3, 0.4) is 0 Å². The first kappa shape index (κ1) is 8.81. The van der Waals surface area contributed by atoms with E-state index in [4.69, 9.17) is 0 Å². The summed E-state index contributed by atoms with van der Waals surface area (Å²) in [5.74, 6) is 0. The van der Waals surface area contributed by atoms with Crippen molar-refractivity contribution in [2.24, 2.45) is 0 Å². The van der Waals surface area contributed by atoms with Gasteiger partial charge in [-0.15, -0.1) is 0 Å². The lowest BCUT2D eigenvalue weighted by molar-refractivity contribution is 0.512. The molecule has 0 saturated carbocycles. The maximum absolute atomic E-state index is 11.1. The Kier molecular flexibility index (Phi) is 2.23. The van der Waals surface area contributed by atoms with Crippen molar-refractivity contribution >= 4 is 5.57 Å². The standard InChI is InChI=1S/C11H12N2O/c1-13-6-2-3-10(8-13)9-4-5-12-11(14)7-9/h2-7H,8H2,1H3,(H,12,14). The number of H-pyrrole nitrogens is 1. The SMILES string of the molecule is CN1C=CC=C(c2cc[nH]c(=O)c2)C1. The Balaban J connectivity index is 2.36. The van der Waals surface area contributed by atoms with Crippen LogP contribution in [0.5, 0.6) is 0 Å². The Morgan fingerprint density at radius 3 is 3.07 bits per heavy atom. The largest absolute Gasteiger partial charge is 0.376 e. The van der Waals surface area contributed by atoms with Crippen molar-refractivity contribution < 1.29 is 0 Å². The van der Waals surface area contributed by atoms with Gasteiger partial charge in [-0.25, -0.2) is 0 Å². The van der Waals surface area contributed by atoms with Gasteiger partial charge in [-0.05, 0) is 29.5 Å². The number of rotatable bonds is 1. The van der Waals surface area contributed by atoms with Gasteiger partial charge in [0.15, 0.2) is 0 Å². The smallest absolute Gasteiger partial charge is 0.248 e. The van der Waals surface area contributed by atoms with Crippen LogP contribution < -0.4 is 5.56 Å². The van der Waals surface area contributed by atoms with E-state index in [9.17, 15) is 4.79 Å². The summed E-state index contributed by atoms with van der Waals surface area (Å²) < 4.78 is 0. The van der Waals surface area contributed by atoms with Crippen LogP contribution in [-0.2, 0) is 0 Å². The zero-order chi connectivity index (χ0) is 9.97. The van der Waals surface area contributed by atoms with Crippen molar-refractivity contribution in [1.82, 2.24) is 9.88 Å². The monoisotopic (exact) mass is 188 g/mol. The number of likely N-dealkylation sites (N-methyl/N-ethyl adjacent to an activating group) is 1. The number of aromatic nitrogens is 1. The van der Waals surface area contributed by atoms with E-state index in [1.807, 2.05) is 31.5 Å². The highest BCUT2D eigenvalue weighted by atomic mass is 16.1. The van der Waals surface area contributed by atoms with Crippen molar-refractivity contribution in [2.75, 3.05) is 13.6 Å². The van der Waals surface area contributed by atoms with E-state index >= 15 is 0 Å². The minimum Gasteiger partial charge on any atom is -0.376 e. The van der Waals surface area contributed by atoms with Crippen LogP contribution in [0, 0.1) is 0 Å². The molecule has 0 aromatic carbocycles. The van der Waals surface area contributed by atoms with E-state index < -0.39 is 0 Å². The Labute approximate surface area is 82.4 Å². The van der Waals surface area contributed by atoms with Gasteiger partial charge in [0.1, 0.15) is 0 Å². The Morgan fingerprint density at radius 2 is 2.36 bits per heavy atom. The fourth-order valence-electron chi connectivity index (χ4n) is 1.51. The summed E-state index contributed by atoms with van der Waals surface area (Å²) in [6, 6.07) is 3.54. The predicted octanol–water partition coefficient (Wildman–Crippen LogP) is 1.22. The van der Waals surface area contributed by atoms with E-state index in [0.29, 0.717) is 0 Å². The summed E-state index contributed by atoms with van der Waals surface area (Å²) in [5, 5.41) is 0. The highest BCUT2D eigenvalue weighted by molar-refractivity contribution is 5.69. The van der Waals surface area contributed by atoms with Gasteiger partial charge in [0, 0.05) is 25.9 Å². The Morgan fingerprint density at radius 1 is 1.50 bits per heavy atom. The van der Waals surface area contributed by atoms with Crippen LogP contribution in [0.25, 0.3) is 5.57 Å². The molecule has 0 radical (unpaired) electrons. The number of hydrogen-bond donors (Lipinski definition) is 1. The zero-order valence-corrected chi connectivity index (χ0v) is 8.03. The Bertz CT molecular complexity index is 443. The van der Waals surface area contributed by atoms with Crippen molar-refractivity contribution in [3.05, 3.63) is 52.6 Å². The van der Waals surface area contributed by atoms with Crippen molar-refractivity contribution in [1.29, 1.82) is 0 Å². The number of aromatic amines is 1. The number of nitrogens with one attached hydrogen (secondary N) is 1. The molecule has 0 saturated heterocycles. The molecule has 3 nitrogen and oxygen atoms in total. The summed E-state index contributed by atoms with van der Waals surface area (Å²) in [4.78, 5) is 15.8. The normalized spacial score (nSPS) is 15.5. The quantitative estimate of drug-likeness (QED) is 0.719. The van der Waals surface area contributed by atoms with Gasteiger partial charge in [-0.1, -0.05) is 6.08 Å². The summed E-state index contributed by atoms with van der Waals surface area (Å²) in [5.41, 5.74) is 2.10. The first-order valence-electron chi connectivity index (χ1n) is 4.52. The van der Waals surface area contributed by atoms with Gasteiger partial charge in [-0.3, -0.25) is 4.79 Å². The third-order valence-electron chi connectivity index (χ3n) is 2.20. The average molecular weight is 188 g/mol. The number of hydrogen-bond acceptors (Lipinski definition) is 2. The van der Waals surface area contributed by atoms with E-state index in [2.05, 4.69) is 9.88 Å². The lowest BCUT2D eigenvalue weighted by atomic mass is 10.1. The molecule has 0 atom stereocenters. The molecule has 72 valence electrons. The molecule has 1 aliphatic heterocycles. The molecule has 1 aromatic heterocycles. The summed E-state index contributed by atoms with van der Waals surface area (Å²) in [6.07, 6.45) is 7.71. The van der Waals surface area contributed by atoms with E-state index in [-0.39, 0.29) is 5.56 Å². The average Bonchev–Trinajstić information content (AvgIpc) is 2.18. The Hall–Kier alpha value is -1.77. The zero-order valence-electron chi connectivity index (χ0n) is 8.03. The molecule has 1 aromatic rings. The molecule has 14 heavy (non-hydrogen) atoms. The van der Waals surface area contributed by atoms with Gasteiger partial charge in [0.2, 0.25) is 5.56 Å². The van der Waals surface area contributed by atoms with Crippen LogP contribution in [0.1, 0.15) is 5.56 Å². The predicted molar refractivity (Wildman–Crippen MR) is 56.8 cm³/mol. The van der Waals surface area contributed by atoms with E-state index in [1.165, 1.54) is 5.57 Å². The fraction of sp³-hybridized carbons (Fsp3) is 0.182. The maximum Gasteiger partial charge on any atom is 0.248 e. The molecule has 0 fully saturated rings. The highest BCUT2D eigenvalue weighted by Gasteiger charge is 2.05. The summed E-state index contributed by atoms with van der Waals surface area (Å²) in [6.45, 7) is 0.847. The second-order valence-electron chi connectivity index (χ2n) is 3.39. The van der Waals surface area contributed by atoms with Gasteiger partial charge < -0.3 is 9.88 Å².